The van der Waals surface area contributed by atoms with Crippen LogP contribution in [0.3, 0.4) is 0 Å². The zero-order valence-electron chi connectivity index (χ0n) is 13.4. The topological polar surface area (TPSA) is 84.3 Å². The van der Waals surface area contributed by atoms with Crippen molar-refractivity contribution < 1.29 is 13.2 Å². The third-order valence-electron chi connectivity index (χ3n) is 4.19. The summed E-state index contributed by atoms with van der Waals surface area (Å²) < 4.78 is 26.8. The molecule has 2 aromatic rings. The lowest BCUT2D eigenvalue weighted by molar-refractivity contribution is 0.186. The minimum atomic E-state index is -3.45. The predicted molar refractivity (Wildman–Crippen MR) is 91.5 cm³/mol. The van der Waals surface area contributed by atoms with Crippen LogP contribution in [0.4, 0.5) is 4.79 Å². The second kappa shape index (κ2) is 6.94. The lowest BCUT2D eigenvalue weighted by Crippen LogP contribution is -2.46. The van der Waals surface area contributed by atoms with Gasteiger partial charge >= 0.3 is 6.03 Å². The number of sulfone groups is 1. The highest BCUT2D eigenvalue weighted by molar-refractivity contribution is 7.91. The number of hydrogen-bond acceptors (Lipinski definition) is 5. The molecule has 130 valence electrons. The van der Waals surface area contributed by atoms with E-state index in [1.54, 1.807) is 29.5 Å². The third kappa shape index (κ3) is 3.46. The molecule has 1 aliphatic heterocycles. The van der Waals surface area contributed by atoms with Gasteiger partial charge in [0.2, 0.25) is 15.0 Å². The van der Waals surface area contributed by atoms with Crippen LogP contribution in [0.2, 0.25) is 0 Å². The zero-order valence-corrected chi connectivity index (χ0v) is 15.0. The molecule has 0 radical (unpaired) electrons. The number of aromatic nitrogens is 2. The average Bonchev–Trinajstić information content (AvgIpc) is 3.24. The van der Waals surface area contributed by atoms with E-state index < -0.39 is 15.1 Å². The highest BCUT2D eigenvalue weighted by Crippen LogP contribution is 2.23. The van der Waals surface area contributed by atoms with E-state index in [0.29, 0.717) is 32.5 Å². The smallest absolute Gasteiger partial charge is 0.317 e. The van der Waals surface area contributed by atoms with Crippen molar-refractivity contribution in [2.24, 2.45) is 7.05 Å². The molecular formula is C15H20N4O3S2. The van der Waals surface area contributed by atoms with E-state index in [1.165, 1.54) is 10.8 Å². The van der Waals surface area contributed by atoms with E-state index in [-0.39, 0.29) is 11.2 Å². The molecule has 1 fully saturated rings. The van der Waals surface area contributed by atoms with Crippen LogP contribution < -0.4 is 5.32 Å². The van der Waals surface area contributed by atoms with Crippen LogP contribution in [0, 0.1) is 0 Å². The SMILES string of the molecule is Cn1ccnc1S(=O)(=O)C1CCN(C(=O)NCc2cccs2)CC1. The second-order valence-corrected chi connectivity index (χ2v) is 8.94. The van der Waals surface area contributed by atoms with Gasteiger partial charge < -0.3 is 14.8 Å². The third-order valence-corrected chi connectivity index (χ3v) is 7.32. The maximum atomic E-state index is 12.6. The summed E-state index contributed by atoms with van der Waals surface area (Å²) in [6, 6.07) is 3.77. The first-order chi connectivity index (χ1) is 11.5. The fraction of sp³-hybridized carbons (Fsp3) is 0.467. The van der Waals surface area contributed by atoms with Crippen LogP contribution in [0.15, 0.2) is 35.1 Å². The lowest BCUT2D eigenvalue weighted by atomic mass is 10.1. The molecule has 2 aromatic heterocycles. The fourth-order valence-corrected chi connectivity index (χ4v) is 5.28. The highest BCUT2D eigenvalue weighted by Gasteiger charge is 2.34. The van der Waals surface area contributed by atoms with Crippen molar-refractivity contribution >= 4 is 27.2 Å². The second-order valence-electron chi connectivity index (χ2n) is 5.79. The normalized spacial score (nSPS) is 16.3. The van der Waals surface area contributed by atoms with Gasteiger partial charge in [0.25, 0.3) is 0 Å². The van der Waals surface area contributed by atoms with Crippen LogP contribution in [0.1, 0.15) is 17.7 Å². The number of aryl methyl sites for hydroxylation is 1. The Balaban J connectivity index is 1.55. The Morgan fingerprint density at radius 1 is 1.42 bits per heavy atom. The summed E-state index contributed by atoms with van der Waals surface area (Å²) in [7, 11) is -1.78. The first-order valence-corrected chi connectivity index (χ1v) is 10.2. The van der Waals surface area contributed by atoms with Gasteiger partial charge in [-0.15, -0.1) is 11.3 Å². The van der Waals surface area contributed by atoms with Gasteiger partial charge in [0.15, 0.2) is 0 Å². The molecule has 3 heterocycles. The average molecular weight is 368 g/mol. The predicted octanol–water partition coefficient (Wildman–Crippen LogP) is 1.63. The number of rotatable bonds is 4. The summed E-state index contributed by atoms with van der Waals surface area (Å²) in [5.74, 6) is 0. The molecule has 9 heteroatoms. The summed E-state index contributed by atoms with van der Waals surface area (Å²) in [4.78, 5) is 18.9. The van der Waals surface area contributed by atoms with E-state index in [0.717, 1.165) is 4.88 Å². The summed E-state index contributed by atoms with van der Waals surface area (Å²) >= 11 is 1.59. The molecule has 24 heavy (non-hydrogen) atoms. The lowest BCUT2D eigenvalue weighted by Gasteiger charge is -2.31. The van der Waals surface area contributed by atoms with Crippen LogP contribution in [0.5, 0.6) is 0 Å². The van der Waals surface area contributed by atoms with Crippen molar-refractivity contribution in [1.82, 2.24) is 19.8 Å². The van der Waals surface area contributed by atoms with Crippen molar-refractivity contribution in [3.05, 3.63) is 34.8 Å². The highest BCUT2D eigenvalue weighted by atomic mass is 32.2. The number of nitrogens with zero attached hydrogens (tertiary/aromatic N) is 3. The maximum Gasteiger partial charge on any atom is 0.317 e. The first-order valence-electron chi connectivity index (χ1n) is 7.75. The molecular weight excluding hydrogens is 348 g/mol. The minimum absolute atomic E-state index is 0.100. The number of amides is 2. The summed E-state index contributed by atoms with van der Waals surface area (Å²) in [5.41, 5.74) is 0. The Hall–Kier alpha value is -1.87. The molecule has 0 atom stereocenters. The fourth-order valence-electron chi connectivity index (χ4n) is 2.83. The van der Waals surface area contributed by atoms with Gasteiger partial charge in [-0.05, 0) is 24.3 Å². The van der Waals surface area contributed by atoms with Crippen LogP contribution in [-0.4, -0.2) is 47.2 Å². The number of imidazole rings is 1. The maximum absolute atomic E-state index is 12.6. The van der Waals surface area contributed by atoms with Gasteiger partial charge in [-0.1, -0.05) is 6.07 Å². The number of piperidine rings is 1. The Morgan fingerprint density at radius 3 is 2.75 bits per heavy atom. The molecule has 7 nitrogen and oxygen atoms in total. The number of carbonyl (C=O) groups is 1. The zero-order chi connectivity index (χ0) is 17.2. The Bertz CT molecular complexity index is 791. The summed E-state index contributed by atoms with van der Waals surface area (Å²) in [6.07, 6.45) is 3.98. The molecule has 3 rings (SSSR count). The largest absolute Gasteiger partial charge is 0.333 e. The van der Waals surface area contributed by atoms with Gasteiger partial charge in [0, 0.05) is 37.4 Å². The van der Waals surface area contributed by atoms with Gasteiger partial charge in [-0.3, -0.25) is 0 Å². The minimum Gasteiger partial charge on any atom is -0.333 e. The van der Waals surface area contributed by atoms with Crippen LogP contribution in [0.25, 0.3) is 0 Å². The summed E-state index contributed by atoms with van der Waals surface area (Å²) in [5, 5.41) is 4.46. The van der Waals surface area contributed by atoms with Crippen molar-refractivity contribution in [1.29, 1.82) is 0 Å². The Labute approximate surface area is 145 Å². The van der Waals surface area contributed by atoms with Crippen molar-refractivity contribution in [3.8, 4) is 0 Å². The van der Waals surface area contributed by atoms with E-state index >= 15 is 0 Å². The molecule has 1 N–H and O–H groups in total. The van der Waals surface area contributed by atoms with Crippen molar-refractivity contribution in [2.75, 3.05) is 13.1 Å². The molecule has 1 aliphatic rings. The van der Waals surface area contributed by atoms with E-state index in [2.05, 4.69) is 10.3 Å². The first kappa shape index (κ1) is 17.0. The Morgan fingerprint density at radius 2 is 2.17 bits per heavy atom. The Kier molecular flexibility index (Phi) is 4.91. The monoisotopic (exact) mass is 368 g/mol. The number of nitrogens with one attached hydrogen (secondary N) is 1. The van der Waals surface area contributed by atoms with Crippen LogP contribution in [-0.2, 0) is 23.4 Å². The van der Waals surface area contributed by atoms with Gasteiger partial charge in [0.1, 0.15) is 0 Å². The number of hydrogen-bond donors (Lipinski definition) is 1. The van der Waals surface area contributed by atoms with E-state index in [4.69, 9.17) is 0 Å². The molecule has 2 amide bonds. The molecule has 1 saturated heterocycles. The molecule has 0 aromatic carbocycles. The van der Waals surface area contributed by atoms with E-state index in [1.807, 2.05) is 17.5 Å². The number of carbonyl (C=O) groups excluding carboxylic acids is 1. The van der Waals surface area contributed by atoms with Crippen molar-refractivity contribution in [2.45, 2.75) is 29.8 Å². The standard InChI is InChI=1S/C15H20N4O3S2/c1-18-9-6-16-15(18)24(21,22)13-4-7-19(8-5-13)14(20)17-11-12-3-2-10-23-12/h2-3,6,9-10,13H,4-5,7-8,11H2,1H3,(H,17,20). The number of likely N-dealkylation sites (tertiary alicyclic amines) is 1. The van der Waals surface area contributed by atoms with Gasteiger partial charge in [-0.25, -0.2) is 18.2 Å². The molecule has 0 unspecified atom stereocenters. The van der Waals surface area contributed by atoms with Gasteiger partial charge in [0.05, 0.1) is 11.8 Å². The quantitative estimate of drug-likeness (QED) is 0.889. The van der Waals surface area contributed by atoms with E-state index in [9.17, 15) is 13.2 Å². The number of urea groups is 1. The number of thiophene rings is 1. The van der Waals surface area contributed by atoms with Crippen molar-refractivity contribution in [3.63, 3.8) is 0 Å². The van der Waals surface area contributed by atoms with Crippen LogP contribution >= 0.6 is 11.3 Å². The van der Waals surface area contributed by atoms with Gasteiger partial charge in [-0.2, -0.15) is 0 Å². The summed E-state index contributed by atoms with van der Waals surface area (Å²) in [6.45, 7) is 1.37. The molecule has 0 bridgehead atoms. The molecule has 0 spiro atoms. The molecule has 0 aliphatic carbocycles. The molecule has 0 saturated carbocycles.